The van der Waals surface area contributed by atoms with Crippen LogP contribution in [0.4, 0.5) is 0 Å². The third kappa shape index (κ3) is 6.92. The highest BCUT2D eigenvalue weighted by molar-refractivity contribution is 7.99. The highest BCUT2D eigenvalue weighted by atomic mass is 32.2. The van der Waals surface area contributed by atoms with E-state index in [0.717, 1.165) is 21.7 Å². The van der Waals surface area contributed by atoms with Crippen molar-refractivity contribution in [3.05, 3.63) is 47.7 Å². The van der Waals surface area contributed by atoms with Crippen molar-refractivity contribution in [2.45, 2.75) is 30.9 Å². The highest BCUT2D eigenvalue weighted by Crippen LogP contribution is 2.36. The molecule has 2 aromatic rings. The number of aromatic nitrogens is 1. The van der Waals surface area contributed by atoms with Crippen LogP contribution in [-0.2, 0) is 14.3 Å². The molecule has 0 aliphatic carbocycles. The van der Waals surface area contributed by atoms with Crippen molar-refractivity contribution in [1.29, 1.82) is 0 Å². The molecule has 0 fully saturated rings. The first kappa shape index (κ1) is 21.3. The largest absolute Gasteiger partial charge is 0.482 e. The predicted octanol–water partition coefficient (Wildman–Crippen LogP) is 2.46. The normalized spacial score (nSPS) is 11.8. The lowest BCUT2D eigenvalue weighted by Gasteiger charge is -2.17. The van der Waals surface area contributed by atoms with Gasteiger partial charge in [0.05, 0.1) is 24.2 Å². The molecule has 144 valence electrons. The Morgan fingerprint density at radius 2 is 2.04 bits per heavy atom. The van der Waals surface area contributed by atoms with Gasteiger partial charge in [0.2, 0.25) is 0 Å². The van der Waals surface area contributed by atoms with E-state index in [1.54, 1.807) is 18.7 Å². The number of hydrogen-bond donors (Lipinski definition) is 0. The summed E-state index contributed by atoms with van der Waals surface area (Å²) in [5, 5.41) is 0.107. The molecule has 1 unspecified atom stereocenters. The average molecular weight is 387 g/mol. The van der Waals surface area contributed by atoms with Gasteiger partial charge in [0, 0.05) is 11.5 Å². The summed E-state index contributed by atoms with van der Waals surface area (Å²) in [5.74, 6) is 0.320. The lowest BCUT2D eigenvalue weighted by atomic mass is 10.0. The van der Waals surface area contributed by atoms with Gasteiger partial charge >= 0.3 is 5.97 Å². The van der Waals surface area contributed by atoms with Gasteiger partial charge in [0.15, 0.2) is 14.5 Å². The summed E-state index contributed by atoms with van der Waals surface area (Å²) in [5.41, 5.74) is 2.97. The molecule has 1 atom stereocenters. The van der Waals surface area contributed by atoms with Crippen LogP contribution in [0.3, 0.4) is 0 Å². The van der Waals surface area contributed by atoms with Crippen LogP contribution in [0.15, 0.2) is 41.3 Å². The topological polar surface area (TPSA) is 57.7 Å². The molecule has 5 nitrogen and oxygen atoms in total. The predicted molar refractivity (Wildman–Crippen MR) is 111 cm³/mol. The third-order valence-corrected chi connectivity index (χ3v) is 4.98. The molecule has 1 aromatic carbocycles. The fraction of sp³-hybridized carbons (Fsp3) is 0.400. The molecule has 7 heteroatoms. The Hall–Kier alpha value is -1.99. The molecule has 0 spiro atoms. The summed E-state index contributed by atoms with van der Waals surface area (Å²) in [6, 6.07) is 12.0. The van der Waals surface area contributed by atoms with Crippen molar-refractivity contribution < 1.29 is 19.0 Å². The number of rotatable bonds is 10. The molecular weight excluding hydrogens is 361 g/mol. The van der Waals surface area contributed by atoms with Gasteiger partial charge in [-0.25, -0.2) is 4.79 Å². The lowest BCUT2D eigenvalue weighted by Crippen LogP contribution is -2.15. The van der Waals surface area contributed by atoms with Gasteiger partial charge in [0.25, 0.3) is 0 Å². The zero-order chi connectivity index (χ0) is 19.6. The van der Waals surface area contributed by atoms with Gasteiger partial charge in [-0.15, -0.1) is 11.8 Å². The number of hydrogen-bond acceptors (Lipinski definition) is 6. The maximum Gasteiger partial charge on any atom is 0.344 e. The number of thioether (sulfide) groups is 1. The molecule has 0 aliphatic heterocycles. The van der Waals surface area contributed by atoms with E-state index >= 15 is 0 Å². The van der Waals surface area contributed by atoms with Crippen LogP contribution in [0.25, 0.3) is 0 Å². The first-order valence-corrected chi connectivity index (χ1v) is 9.98. The van der Waals surface area contributed by atoms with Crippen molar-refractivity contribution in [1.82, 2.24) is 4.98 Å². The number of aryl methyl sites for hydroxylation is 1. The Kier molecular flexibility index (Phi) is 8.68. The Morgan fingerprint density at radius 1 is 1.22 bits per heavy atom. The van der Waals surface area contributed by atoms with E-state index in [0.29, 0.717) is 25.6 Å². The van der Waals surface area contributed by atoms with Crippen molar-refractivity contribution in [2.24, 2.45) is 0 Å². The fourth-order valence-electron chi connectivity index (χ4n) is 2.51. The summed E-state index contributed by atoms with van der Waals surface area (Å²) < 4.78 is 16.1. The number of ether oxygens (including phenoxy) is 3. The molecule has 0 radical (unpaired) electrons. The van der Waals surface area contributed by atoms with E-state index in [2.05, 4.69) is 11.1 Å². The first-order valence-electron chi connectivity index (χ1n) is 9.10. The molecule has 1 aromatic heterocycles. The number of pyridine rings is 1. The molecule has 27 heavy (non-hydrogen) atoms. The first-order chi connectivity index (χ1) is 13.0. The molecule has 2 rings (SSSR count). The number of carbonyl (C=O) groups excluding carboxylic acids is 1. The quantitative estimate of drug-likeness (QED) is 0.355. The van der Waals surface area contributed by atoms with Crippen LogP contribution in [0.1, 0.15) is 30.4 Å². The fourth-order valence-corrected chi connectivity index (χ4v) is 3.65. The maximum absolute atomic E-state index is 11.5. The second-order valence-electron chi connectivity index (χ2n) is 5.99. The summed E-state index contributed by atoms with van der Waals surface area (Å²) in [7, 11) is 1.99. The van der Waals surface area contributed by atoms with Gasteiger partial charge in [-0.05, 0) is 56.2 Å². The highest BCUT2D eigenvalue weighted by Gasteiger charge is 2.16. The summed E-state index contributed by atoms with van der Waals surface area (Å²) in [6.07, 6.45) is 0. The minimum atomic E-state index is -0.363. The maximum atomic E-state index is 11.5. The molecule has 0 aliphatic rings. The Balaban J connectivity index is 2.08. The van der Waals surface area contributed by atoms with Crippen LogP contribution >= 0.6 is 11.8 Å². The van der Waals surface area contributed by atoms with Crippen LogP contribution in [-0.4, -0.2) is 45.2 Å². The molecule has 0 amide bonds. The van der Waals surface area contributed by atoms with Crippen LogP contribution in [0.5, 0.6) is 5.75 Å². The second-order valence-corrected chi connectivity index (χ2v) is 7.27. The van der Waals surface area contributed by atoms with Crippen LogP contribution in [0.2, 0.25) is 0 Å². The van der Waals surface area contributed by atoms with E-state index in [9.17, 15) is 4.79 Å². The lowest BCUT2D eigenvalue weighted by molar-refractivity contribution is -0.145. The van der Waals surface area contributed by atoms with Gasteiger partial charge < -0.3 is 14.2 Å². The summed E-state index contributed by atoms with van der Waals surface area (Å²) in [4.78, 5) is 17.2. The van der Waals surface area contributed by atoms with Crippen molar-refractivity contribution in [2.75, 3.05) is 26.4 Å². The molecule has 0 bridgehead atoms. The van der Waals surface area contributed by atoms with E-state index < -0.39 is 0 Å². The van der Waals surface area contributed by atoms with Gasteiger partial charge in [-0.1, -0.05) is 12.1 Å². The molecule has 0 N–H and O–H groups in total. The van der Waals surface area contributed by atoms with Gasteiger partial charge in [-0.2, -0.15) is 0 Å². The smallest absolute Gasteiger partial charge is 0.344 e. The van der Waals surface area contributed by atoms with E-state index in [4.69, 9.17) is 14.2 Å². The Bertz CT molecular complexity index is 757. The zero-order valence-corrected chi connectivity index (χ0v) is 17.2. The minimum absolute atomic E-state index is 0.0820. The summed E-state index contributed by atoms with van der Waals surface area (Å²) >= 11 is 1.71. The van der Waals surface area contributed by atoms with Crippen LogP contribution < -0.4 is 10.3 Å². The van der Waals surface area contributed by atoms with Crippen LogP contribution in [0, 0.1) is 6.92 Å². The second kappa shape index (κ2) is 11.0. The van der Waals surface area contributed by atoms with E-state index in [1.165, 1.54) is 0 Å². The number of benzene rings is 1. The average Bonchev–Trinajstić information content (AvgIpc) is 2.64. The zero-order valence-electron chi connectivity index (χ0n) is 16.4. The number of esters is 1. The van der Waals surface area contributed by atoms with E-state index in [-0.39, 0.29) is 17.8 Å². The standard InChI is InChI=1S/C20H26BNO4S/c1-4-24-12-18(16-7-6-8-19(21)22-16)27-15-9-10-17(14(3)11-15)26-13-20(23)25-5-2/h6-11,18H,4-5,12-13,21H2,1-3H3. The molecule has 1 heterocycles. The molecular formula is C20H26BNO4S. The number of carbonyl (C=O) groups is 1. The van der Waals surface area contributed by atoms with Crippen molar-refractivity contribution in [3.63, 3.8) is 0 Å². The molecule has 0 saturated carbocycles. The van der Waals surface area contributed by atoms with Crippen molar-refractivity contribution in [3.8, 4) is 5.75 Å². The number of nitrogens with zero attached hydrogens (tertiary/aromatic N) is 1. The minimum Gasteiger partial charge on any atom is -0.482 e. The third-order valence-electron chi connectivity index (χ3n) is 3.79. The summed E-state index contributed by atoms with van der Waals surface area (Å²) in [6.45, 7) is 7.27. The van der Waals surface area contributed by atoms with Gasteiger partial charge in [-0.3, -0.25) is 4.98 Å². The Morgan fingerprint density at radius 3 is 2.70 bits per heavy atom. The van der Waals surface area contributed by atoms with E-state index in [1.807, 2.05) is 52.0 Å². The monoisotopic (exact) mass is 387 g/mol. The molecule has 0 saturated heterocycles. The van der Waals surface area contributed by atoms with Gasteiger partial charge in [0.1, 0.15) is 5.75 Å². The SMILES string of the molecule is Bc1cccc(C(COCC)Sc2ccc(OCC(=O)OCC)c(C)c2)n1. The van der Waals surface area contributed by atoms with Crippen molar-refractivity contribution >= 4 is 31.2 Å². The Labute approximate surface area is 166 Å².